The number of thiocarbonyl (C=S) groups is 1. The highest BCUT2D eigenvalue weighted by atomic mass is 79.9. The topological polar surface area (TPSA) is 89.8 Å². The highest BCUT2D eigenvalue weighted by molar-refractivity contribution is 9.10. The van der Waals surface area contributed by atoms with Crippen LogP contribution >= 0.6 is 28.1 Å². The SMILES string of the molecule is O=C(NC(=S)Nc1ccc2[nH]c(=O)[nH]c2c1)c1ccccc1Br. The van der Waals surface area contributed by atoms with Crippen molar-refractivity contribution in [3.05, 3.63) is 63.0 Å². The van der Waals surface area contributed by atoms with Gasteiger partial charge in [0, 0.05) is 10.2 Å². The lowest BCUT2D eigenvalue weighted by molar-refractivity contribution is 0.0977. The summed E-state index contributed by atoms with van der Waals surface area (Å²) in [5, 5.41) is 5.69. The van der Waals surface area contributed by atoms with Crippen molar-refractivity contribution in [1.29, 1.82) is 0 Å². The smallest absolute Gasteiger partial charge is 0.323 e. The minimum atomic E-state index is -0.314. The van der Waals surface area contributed by atoms with Gasteiger partial charge in [-0.1, -0.05) is 12.1 Å². The molecule has 1 aromatic heterocycles. The Kier molecular flexibility index (Phi) is 4.26. The summed E-state index contributed by atoms with van der Waals surface area (Å²) < 4.78 is 0.687. The Morgan fingerprint density at radius 3 is 2.61 bits per heavy atom. The number of rotatable bonds is 2. The van der Waals surface area contributed by atoms with Crippen molar-refractivity contribution in [1.82, 2.24) is 15.3 Å². The molecule has 0 unspecified atom stereocenters. The Morgan fingerprint density at radius 1 is 1.09 bits per heavy atom. The fourth-order valence-electron chi connectivity index (χ4n) is 2.09. The second-order valence-electron chi connectivity index (χ2n) is 4.73. The molecule has 3 aromatic rings. The summed E-state index contributed by atoms with van der Waals surface area (Å²) >= 11 is 8.47. The molecular formula is C15H11BrN4O2S. The summed E-state index contributed by atoms with van der Waals surface area (Å²) in [6.07, 6.45) is 0. The molecule has 116 valence electrons. The van der Waals surface area contributed by atoms with Gasteiger partial charge in [-0.3, -0.25) is 10.1 Å². The fourth-order valence-corrected chi connectivity index (χ4v) is 2.76. The number of aromatic nitrogens is 2. The van der Waals surface area contributed by atoms with E-state index in [1.807, 2.05) is 6.07 Å². The highest BCUT2D eigenvalue weighted by Crippen LogP contribution is 2.16. The third-order valence-corrected chi connectivity index (χ3v) is 4.02. The molecule has 8 heteroatoms. The summed E-state index contributed by atoms with van der Waals surface area (Å²) in [5.74, 6) is -0.314. The average Bonchev–Trinajstić information content (AvgIpc) is 2.86. The van der Waals surface area contributed by atoms with Gasteiger partial charge in [0.05, 0.1) is 16.6 Å². The Balaban J connectivity index is 1.72. The first-order chi connectivity index (χ1) is 11.0. The summed E-state index contributed by atoms with van der Waals surface area (Å²) in [6, 6.07) is 12.3. The van der Waals surface area contributed by atoms with Crippen LogP contribution in [0.3, 0.4) is 0 Å². The molecule has 0 saturated carbocycles. The van der Waals surface area contributed by atoms with Gasteiger partial charge in [-0.15, -0.1) is 0 Å². The number of carbonyl (C=O) groups excluding carboxylic acids is 1. The van der Waals surface area contributed by atoms with Crippen LogP contribution in [0.4, 0.5) is 5.69 Å². The maximum absolute atomic E-state index is 12.2. The second kappa shape index (κ2) is 6.35. The molecule has 4 N–H and O–H groups in total. The number of imidazole rings is 1. The van der Waals surface area contributed by atoms with Crippen LogP contribution in [0.2, 0.25) is 0 Å². The Morgan fingerprint density at radius 2 is 1.83 bits per heavy atom. The number of hydrogen-bond donors (Lipinski definition) is 4. The van der Waals surface area contributed by atoms with Crippen molar-refractivity contribution in [3.63, 3.8) is 0 Å². The van der Waals surface area contributed by atoms with Crippen LogP contribution in [-0.2, 0) is 0 Å². The van der Waals surface area contributed by atoms with Gasteiger partial charge < -0.3 is 15.3 Å². The molecule has 0 bridgehead atoms. The van der Waals surface area contributed by atoms with Crippen molar-refractivity contribution in [2.75, 3.05) is 5.32 Å². The summed E-state index contributed by atoms with van der Waals surface area (Å²) in [6.45, 7) is 0. The van der Waals surface area contributed by atoms with Crippen molar-refractivity contribution >= 4 is 55.9 Å². The number of nitrogens with one attached hydrogen (secondary N) is 4. The average molecular weight is 391 g/mol. The van der Waals surface area contributed by atoms with Crippen LogP contribution in [-0.4, -0.2) is 21.0 Å². The first-order valence-electron chi connectivity index (χ1n) is 6.62. The Bertz CT molecular complexity index is 963. The number of aromatic amines is 2. The zero-order valence-corrected chi connectivity index (χ0v) is 14.0. The van der Waals surface area contributed by atoms with E-state index in [-0.39, 0.29) is 16.7 Å². The molecule has 0 saturated heterocycles. The van der Waals surface area contributed by atoms with Gasteiger partial charge >= 0.3 is 5.69 Å². The number of H-pyrrole nitrogens is 2. The number of carbonyl (C=O) groups is 1. The van der Waals surface area contributed by atoms with Crippen LogP contribution in [0.5, 0.6) is 0 Å². The van der Waals surface area contributed by atoms with E-state index in [1.54, 1.807) is 36.4 Å². The number of amides is 1. The molecule has 0 aliphatic rings. The third kappa shape index (κ3) is 3.49. The number of benzene rings is 2. The number of fused-ring (bicyclic) bond motifs is 1. The second-order valence-corrected chi connectivity index (χ2v) is 5.99. The predicted octanol–water partition coefficient (Wildman–Crippen LogP) is 2.75. The van der Waals surface area contributed by atoms with E-state index in [4.69, 9.17) is 12.2 Å². The molecule has 0 atom stereocenters. The van der Waals surface area contributed by atoms with Gasteiger partial charge in [0.2, 0.25) is 0 Å². The van der Waals surface area contributed by atoms with Gasteiger partial charge in [-0.05, 0) is 58.5 Å². The van der Waals surface area contributed by atoms with E-state index in [0.717, 1.165) is 0 Å². The highest BCUT2D eigenvalue weighted by Gasteiger charge is 2.11. The number of halogens is 1. The van der Waals surface area contributed by atoms with E-state index < -0.39 is 0 Å². The molecule has 0 spiro atoms. The van der Waals surface area contributed by atoms with E-state index >= 15 is 0 Å². The molecule has 1 amide bonds. The zero-order chi connectivity index (χ0) is 16.4. The molecule has 1 heterocycles. The minimum absolute atomic E-state index is 0.169. The van der Waals surface area contributed by atoms with E-state index in [2.05, 4.69) is 36.5 Å². The molecule has 0 radical (unpaired) electrons. The van der Waals surface area contributed by atoms with Crippen LogP contribution in [0, 0.1) is 0 Å². The first-order valence-corrected chi connectivity index (χ1v) is 7.82. The predicted molar refractivity (Wildman–Crippen MR) is 96.7 cm³/mol. The number of hydrogen-bond acceptors (Lipinski definition) is 3. The molecule has 2 aromatic carbocycles. The van der Waals surface area contributed by atoms with Crippen LogP contribution in [0.15, 0.2) is 51.7 Å². The summed E-state index contributed by atoms with van der Waals surface area (Å²) in [7, 11) is 0. The number of anilines is 1. The Hall–Kier alpha value is -2.45. The van der Waals surface area contributed by atoms with E-state index in [9.17, 15) is 9.59 Å². The summed E-state index contributed by atoms with van der Waals surface area (Å²) in [4.78, 5) is 28.7. The largest absolute Gasteiger partial charge is 0.332 e. The van der Waals surface area contributed by atoms with Crippen molar-refractivity contribution in [3.8, 4) is 0 Å². The van der Waals surface area contributed by atoms with Crippen molar-refractivity contribution in [2.24, 2.45) is 0 Å². The molecule has 23 heavy (non-hydrogen) atoms. The van der Waals surface area contributed by atoms with Crippen LogP contribution < -0.4 is 16.3 Å². The molecule has 0 fully saturated rings. The normalized spacial score (nSPS) is 10.5. The lowest BCUT2D eigenvalue weighted by Gasteiger charge is -2.10. The maximum Gasteiger partial charge on any atom is 0.323 e. The third-order valence-electron chi connectivity index (χ3n) is 3.12. The monoisotopic (exact) mass is 390 g/mol. The van der Waals surface area contributed by atoms with E-state index in [1.165, 1.54) is 0 Å². The van der Waals surface area contributed by atoms with Crippen LogP contribution in [0.25, 0.3) is 11.0 Å². The van der Waals surface area contributed by atoms with E-state index in [0.29, 0.717) is 26.8 Å². The minimum Gasteiger partial charge on any atom is -0.332 e. The zero-order valence-electron chi connectivity index (χ0n) is 11.6. The lowest BCUT2D eigenvalue weighted by atomic mass is 10.2. The van der Waals surface area contributed by atoms with Crippen molar-refractivity contribution in [2.45, 2.75) is 0 Å². The Labute approximate surface area is 144 Å². The first kappa shape index (κ1) is 15.4. The maximum atomic E-state index is 12.2. The van der Waals surface area contributed by atoms with Gasteiger partial charge in [0.1, 0.15) is 0 Å². The van der Waals surface area contributed by atoms with Gasteiger partial charge in [-0.2, -0.15) is 0 Å². The van der Waals surface area contributed by atoms with Crippen molar-refractivity contribution < 1.29 is 4.79 Å². The lowest BCUT2D eigenvalue weighted by Crippen LogP contribution is -2.34. The molecule has 3 rings (SSSR count). The fraction of sp³-hybridized carbons (Fsp3) is 0. The summed E-state index contributed by atoms with van der Waals surface area (Å²) in [5.41, 5.74) is 2.22. The van der Waals surface area contributed by atoms with Gasteiger partial charge in [0.15, 0.2) is 5.11 Å². The van der Waals surface area contributed by atoms with Gasteiger partial charge in [0.25, 0.3) is 5.91 Å². The molecule has 6 nitrogen and oxygen atoms in total. The van der Waals surface area contributed by atoms with Gasteiger partial charge in [-0.25, -0.2) is 4.79 Å². The molecule has 0 aliphatic carbocycles. The van der Waals surface area contributed by atoms with Crippen LogP contribution in [0.1, 0.15) is 10.4 Å². The quantitative estimate of drug-likeness (QED) is 0.506. The molecule has 0 aliphatic heterocycles. The standard InChI is InChI=1S/C15H11BrN4O2S/c16-10-4-2-1-3-9(10)13(21)20-15(23)17-8-5-6-11-12(7-8)19-14(22)18-11/h1-7H,(H2,18,19,22)(H2,17,20,21,23). The molecular weight excluding hydrogens is 380 g/mol.